The third-order valence-electron chi connectivity index (χ3n) is 3.24. The van der Waals surface area contributed by atoms with Crippen LogP contribution in [0.3, 0.4) is 0 Å². The third-order valence-corrected chi connectivity index (χ3v) is 5.16. The van der Waals surface area contributed by atoms with Crippen molar-refractivity contribution in [3.8, 4) is 17.5 Å². The monoisotopic (exact) mass is 331 g/mol. The maximum absolute atomic E-state index is 12.8. The van der Waals surface area contributed by atoms with Crippen molar-refractivity contribution in [1.82, 2.24) is 9.55 Å². The maximum Gasteiger partial charge on any atom is 0.272 e. The van der Waals surface area contributed by atoms with E-state index in [-0.39, 0.29) is 11.3 Å². The van der Waals surface area contributed by atoms with E-state index in [0.29, 0.717) is 21.5 Å². The van der Waals surface area contributed by atoms with Crippen LogP contribution in [0.25, 0.3) is 5.69 Å². The summed E-state index contributed by atoms with van der Waals surface area (Å²) < 4.78 is 6.80. The van der Waals surface area contributed by atoms with E-state index in [1.54, 1.807) is 29.5 Å². The Kier molecular flexibility index (Phi) is 4.41. The fourth-order valence-corrected chi connectivity index (χ4v) is 3.98. The van der Waals surface area contributed by atoms with E-state index in [4.69, 9.17) is 10.00 Å². The van der Waals surface area contributed by atoms with Gasteiger partial charge in [-0.3, -0.25) is 9.36 Å². The standard InChI is InChI=1S/C15H13N3O2S2/c1-20-11-4-2-3-10(9-11)18-14(19)13-12(5-7-21-13)17-15(18)22-8-6-16/h2-4,9H,5,7-8H2,1H3. The number of fused-ring (bicyclic) bond motifs is 1. The Labute approximate surface area is 136 Å². The molecule has 0 saturated heterocycles. The van der Waals surface area contributed by atoms with Crippen LogP contribution in [0.1, 0.15) is 5.69 Å². The van der Waals surface area contributed by atoms with Gasteiger partial charge >= 0.3 is 0 Å². The van der Waals surface area contributed by atoms with Gasteiger partial charge in [0, 0.05) is 18.2 Å². The maximum atomic E-state index is 12.8. The van der Waals surface area contributed by atoms with Gasteiger partial charge in [-0.05, 0) is 12.1 Å². The number of nitriles is 1. The van der Waals surface area contributed by atoms with E-state index in [1.165, 1.54) is 11.8 Å². The molecule has 1 aliphatic heterocycles. The summed E-state index contributed by atoms with van der Waals surface area (Å²) in [6.07, 6.45) is 0.800. The van der Waals surface area contributed by atoms with Crippen molar-refractivity contribution >= 4 is 23.5 Å². The van der Waals surface area contributed by atoms with E-state index in [1.807, 2.05) is 18.2 Å². The number of thioether (sulfide) groups is 2. The van der Waals surface area contributed by atoms with Gasteiger partial charge in [-0.25, -0.2) is 4.98 Å². The number of methoxy groups -OCH3 is 1. The second-order valence-electron chi connectivity index (χ2n) is 4.56. The summed E-state index contributed by atoms with van der Waals surface area (Å²) in [5, 5.41) is 9.38. The number of aromatic nitrogens is 2. The van der Waals surface area contributed by atoms with Gasteiger partial charge in [0.05, 0.1) is 35.2 Å². The zero-order valence-electron chi connectivity index (χ0n) is 11.9. The molecule has 0 N–H and O–H groups in total. The fraction of sp³-hybridized carbons (Fsp3) is 0.267. The number of ether oxygens (including phenoxy) is 1. The predicted octanol–water partition coefficient (Wildman–Crippen LogP) is 2.50. The first kappa shape index (κ1) is 15.0. The molecule has 22 heavy (non-hydrogen) atoms. The summed E-state index contributed by atoms with van der Waals surface area (Å²) in [7, 11) is 1.59. The molecule has 7 heteroatoms. The molecule has 1 aliphatic rings. The molecule has 1 aromatic carbocycles. The van der Waals surface area contributed by atoms with E-state index in [2.05, 4.69) is 11.1 Å². The Balaban J connectivity index is 2.20. The zero-order valence-corrected chi connectivity index (χ0v) is 13.5. The first-order valence-electron chi connectivity index (χ1n) is 6.67. The summed E-state index contributed by atoms with van der Waals surface area (Å²) >= 11 is 2.82. The van der Waals surface area contributed by atoms with Crippen LogP contribution in [0.4, 0.5) is 0 Å². The lowest BCUT2D eigenvalue weighted by Crippen LogP contribution is -2.23. The van der Waals surface area contributed by atoms with E-state index in [9.17, 15) is 4.79 Å². The van der Waals surface area contributed by atoms with Crippen LogP contribution in [-0.4, -0.2) is 28.2 Å². The van der Waals surface area contributed by atoms with Crippen molar-refractivity contribution in [3.63, 3.8) is 0 Å². The molecular weight excluding hydrogens is 318 g/mol. The molecule has 0 radical (unpaired) electrons. The smallest absolute Gasteiger partial charge is 0.272 e. The lowest BCUT2D eigenvalue weighted by Gasteiger charge is -2.13. The summed E-state index contributed by atoms with van der Waals surface area (Å²) in [6.45, 7) is 0. The summed E-state index contributed by atoms with van der Waals surface area (Å²) in [5.41, 5.74) is 1.48. The molecule has 0 aliphatic carbocycles. The van der Waals surface area contributed by atoms with Gasteiger partial charge in [0.2, 0.25) is 0 Å². The van der Waals surface area contributed by atoms with Gasteiger partial charge in [0.25, 0.3) is 5.56 Å². The van der Waals surface area contributed by atoms with Gasteiger partial charge < -0.3 is 4.74 Å². The van der Waals surface area contributed by atoms with Crippen LogP contribution >= 0.6 is 23.5 Å². The highest BCUT2D eigenvalue weighted by atomic mass is 32.2. The van der Waals surface area contributed by atoms with Gasteiger partial charge in [0.1, 0.15) is 5.75 Å². The van der Waals surface area contributed by atoms with Crippen LogP contribution in [0.15, 0.2) is 39.1 Å². The number of rotatable bonds is 4. The SMILES string of the molecule is COc1cccc(-n2c(SCC#N)nc3c(c2=O)SCC3)c1. The second kappa shape index (κ2) is 6.46. The van der Waals surface area contributed by atoms with Crippen molar-refractivity contribution in [2.75, 3.05) is 18.6 Å². The normalized spacial score (nSPS) is 12.7. The first-order chi connectivity index (χ1) is 10.7. The molecule has 112 valence electrons. The molecule has 0 amide bonds. The van der Waals surface area contributed by atoms with Crippen molar-refractivity contribution < 1.29 is 4.74 Å². The van der Waals surface area contributed by atoms with Gasteiger partial charge in [-0.1, -0.05) is 17.8 Å². The molecule has 0 bridgehead atoms. The minimum atomic E-state index is -0.0683. The van der Waals surface area contributed by atoms with Crippen molar-refractivity contribution in [3.05, 3.63) is 40.3 Å². The number of hydrogen-bond donors (Lipinski definition) is 0. The van der Waals surface area contributed by atoms with Crippen LogP contribution in [0.2, 0.25) is 0 Å². The molecule has 0 atom stereocenters. The average molecular weight is 331 g/mol. The Morgan fingerprint density at radius 2 is 2.41 bits per heavy atom. The molecule has 3 rings (SSSR count). The quantitative estimate of drug-likeness (QED) is 0.633. The molecule has 0 spiro atoms. The van der Waals surface area contributed by atoms with E-state index in [0.717, 1.165) is 17.9 Å². The third kappa shape index (κ3) is 2.72. The highest BCUT2D eigenvalue weighted by Gasteiger charge is 2.22. The van der Waals surface area contributed by atoms with Crippen molar-refractivity contribution in [1.29, 1.82) is 5.26 Å². The van der Waals surface area contributed by atoms with Gasteiger partial charge in [-0.15, -0.1) is 11.8 Å². The zero-order chi connectivity index (χ0) is 15.5. The van der Waals surface area contributed by atoms with E-state index >= 15 is 0 Å². The highest BCUT2D eigenvalue weighted by molar-refractivity contribution is 7.99. The van der Waals surface area contributed by atoms with E-state index < -0.39 is 0 Å². The second-order valence-corrected chi connectivity index (χ2v) is 6.61. The summed E-state index contributed by atoms with van der Waals surface area (Å²) in [6, 6.07) is 9.38. The average Bonchev–Trinajstić information content (AvgIpc) is 3.02. The minimum Gasteiger partial charge on any atom is -0.497 e. The van der Waals surface area contributed by atoms with Gasteiger partial charge in [0.15, 0.2) is 5.16 Å². The van der Waals surface area contributed by atoms with Crippen LogP contribution < -0.4 is 10.3 Å². The Hall–Kier alpha value is -1.91. The lowest BCUT2D eigenvalue weighted by molar-refractivity contribution is 0.414. The Morgan fingerprint density at radius 3 is 3.18 bits per heavy atom. The molecule has 5 nitrogen and oxygen atoms in total. The van der Waals surface area contributed by atoms with Gasteiger partial charge in [-0.2, -0.15) is 5.26 Å². The predicted molar refractivity (Wildman–Crippen MR) is 87.2 cm³/mol. The highest BCUT2D eigenvalue weighted by Crippen LogP contribution is 2.30. The largest absolute Gasteiger partial charge is 0.497 e. The molecular formula is C15H13N3O2S2. The number of benzene rings is 1. The topological polar surface area (TPSA) is 67.9 Å². The molecule has 1 aromatic heterocycles. The summed E-state index contributed by atoms with van der Waals surface area (Å²) in [4.78, 5) is 18.1. The van der Waals surface area contributed by atoms with Crippen molar-refractivity contribution in [2.24, 2.45) is 0 Å². The first-order valence-corrected chi connectivity index (χ1v) is 8.64. The van der Waals surface area contributed by atoms with Crippen LogP contribution in [-0.2, 0) is 6.42 Å². The molecule has 0 saturated carbocycles. The molecule has 2 heterocycles. The number of aryl methyl sites for hydroxylation is 1. The van der Waals surface area contributed by atoms with Crippen LogP contribution in [0, 0.1) is 11.3 Å². The summed E-state index contributed by atoms with van der Waals surface area (Å²) in [5.74, 6) is 1.80. The number of hydrogen-bond acceptors (Lipinski definition) is 6. The fourth-order valence-electron chi connectivity index (χ4n) is 2.26. The Morgan fingerprint density at radius 1 is 1.55 bits per heavy atom. The lowest BCUT2D eigenvalue weighted by atomic mass is 10.3. The molecule has 2 aromatic rings. The van der Waals surface area contributed by atoms with Crippen LogP contribution in [0.5, 0.6) is 5.75 Å². The number of nitrogens with zero attached hydrogens (tertiary/aromatic N) is 3. The minimum absolute atomic E-state index is 0.0683. The van der Waals surface area contributed by atoms with Crippen molar-refractivity contribution in [2.45, 2.75) is 16.5 Å². The molecule has 0 unspecified atom stereocenters. The Bertz CT molecular complexity index is 811. The molecule has 0 fully saturated rings.